The molecule has 0 saturated heterocycles. The molecular formula is C22H48N2O2. The van der Waals surface area contributed by atoms with Gasteiger partial charge in [0.1, 0.15) is 12.5 Å². The van der Waals surface area contributed by atoms with Crippen molar-refractivity contribution in [3.8, 4) is 0 Å². The van der Waals surface area contributed by atoms with Crippen LogP contribution in [0.1, 0.15) is 124 Å². The van der Waals surface area contributed by atoms with Gasteiger partial charge in [0.15, 0.2) is 0 Å². The van der Waals surface area contributed by atoms with Gasteiger partial charge in [-0.3, -0.25) is 0 Å². The molecule has 0 fully saturated rings. The maximum absolute atomic E-state index is 9.66. The SMILES string of the molecule is CCCCCCCCCCCCCCCCCC(N)N(C(C)O)C(C)O. The lowest BCUT2D eigenvalue weighted by molar-refractivity contribution is -0.110. The van der Waals surface area contributed by atoms with Crippen LogP contribution in [-0.2, 0) is 0 Å². The first-order chi connectivity index (χ1) is 12.5. The van der Waals surface area contributed by atoms with Gasteiger partial charge in [-0.15, -0.1) is 0 Å². The zero-order valence-electron chi connectivity index (χ0n) is 18.0. The van der Waals surface area contributed by atoms with E-state index in [0.717, 1.165) is 12.8 Å². The lowest BCUT2D eigenvalue weighted by atomic mass is 10.0. The van der Waals surface area contributed by atoms with E-state index in [2.05, 4.69) is 6.92 Å². The molecule has 4 N–H and O–H groups in total. The standard InChI is InChI=1S/C22H48N2O2/c1-4-5-6-7-8-9-10-11-12-13-14-15-16-17-18-19-22(23)24(20(2)25)21(3)26/h20-22,25-26H,4-19,23H2,1-3H3. The monoisotopic (exact) mass is 372 g/mol. The Hall–Kier alpha value is -0.160. The first-order valence-corrected chi connectivity index (χ1v) is 11.4. The van der Waals surface area contributed by atoms with Crippen LogP contribution in [0.3, 0.4) is 0 Å². The minimum Gasteiger partial charge on any atom is -0.379 e. The van der Waals surface area contributed by atoms with Gasteiger partial charge >= 0.3 is 0 Å². The van der Waals surface area contributed by atoms with Crippen LogP contribution in [0.2, 0.25) is 0 Å². The number of aliphatic hydroxyl groups excluding tert-OH is 2. The Labute approximate surface area is 163 Å². The summed E-state index contributed by atoms with van der Waals surface area (Å²) in [6, 6.07) is 0. The van der Waals surface area contributed by atoms with Gasteiger partial charge in [-0.25, -0.2) is 4.90 Å². The number of unbranched alkanes of at least 4 members (excludes halogenated alkanes) is 14. The fraction of sp³-hybridized carbons (Fsp3) is 1.00. The van der Waals surface area contributed by atoms with E-state index < -0.39 is 12.5 Å². The van der Waals surface area contributed by atoms with Gasteiger partial charge in [-0.1, -0.05) is 103 Å². The van der Waals surface area contributed by atoms with E-state index in [1.807, 2.05) is 0 Å². The maximum Gasteiger partial charge on any atom is 0.107 e. The highest BCUT2D eigenvalue weighted by Crippen LogP contribution is 2.15. The Morgan fingerprint density at radius 2 is 0.923 bits per heavy atom. The molecule has 0 aliphatic heterocycles. The van der Waals surface area contributed by atoms with E-state index in [1.165, 1.54) is 89.9 Å². The van der Waals surface area contributed by atoms with Gasteiger partial charge in [0.05, 0.1) is 6.17 Å². The molecule has 3 unspecified atom stereocenters. The molecule has 0 aromatic carbocycles. The molecule has 0 amide bonds. The minimum atomic E-state index is -0.707. The lowest BCUT2D eigenvalue weighted by Crippen LogP contribution is -2.51. The number of hydrogen-bond donors (Lipinski definition) is 3. The maximum atomic E-state index is 9.66. The number of rotatable bonds is 19. The predicted octanol–water partition coefficient (Wildman–Crippen LogP) is 5.51. The van der Waals surface area contributed by atoms with Crippen LogP contribution in [0.5, 0.6) is 0 Å². The Bertz CT molecular complexity index is 277. The second-order valence-electron chi connectivity index (χ2n) is 8.02. The van der Waals surface area contributed by atoms with Crippen LogP contribution in [-0.4, -0.2) is 33.7 Å². The summed E-state index contributed by atoms with van der Waals surface area (Å²) in [5.74, 6) is 0. The lowest BCUT2D eigenvalue weighted by Gasteiger charge is -2.33. The third kappa shape index (κ3) is 15.0. The molecule has 0 aliphatic carbocycles. The Kier molecular flexibility index (Phi) is 18.1. The molecular weight excluding hydrogens is 324 g/mol. The highest BCUT2D eigenvalue weighted by atomic mass is 16.3. The molecule has 0 aromatic rings. The summed E-state index contributed by atoms with van der Waals surface area (Å²) < 4.78 is 0. The smallest absolute Gasteiger partial charge is 0.107 e. The molecule has 26 heavy (non-hydrogen) atoms. The van der Waals surface area contributed by atoms with Crippen molar-refractivity contribution in [3.05, 3.63) is 0 Å². The van der Waals surface area contributed by atoms with E-state index in [-0.39, 0.29) is 6.17 Å². The second-order valence-corrected chi connectivity index (χ2v) is 8.02. The van der Waals surface area contributed by atoms with Gasteiger partial charge in [-0.2, -0.15) is 0 Å². The van der Waals surface area contributed by atoms with E-state index >= 15 is 0 Å². The van der Waals surface area contributed by atoms with Crippen molar-refractivity contribution < 1.29 is 10.2 Å². The van der Waals surface area contributed by atoms with Crippen molar-refractivity contribution in [2.75, 3.05) is 0 Å². The molecule has 0 aromatic heterocycles. The molecule has 0 bridgehead atoms. The molecule has 4 nitrogen and oxygen atoms in total. The fourth-order valence-electron chi connectivity index (χ4n) is 3.74. The Morgan fingerprint density at radius 3 is 1.23 bits per heavy atom. The van der Waals surface area contributed by atoms with Crippen molar-refractivity contribution in [2.24, 2.45) is 5.73 Å². The van der Waals surface area contributed by atoms with Crippen molar-refractivity contribution in [1.82, 2.24) is 4.90 Å². The zero-order chi connectivity index (χ0) is 19.6. The normalized spacial score (nSPS) is 15.3. The number of nitrogens with zero attached hydrogens (tertiary/aromatic N) is 1. The first kappa shape index (κ1) is 25.8. The van der Waals surface area contributed by atoms with E-state index in [1.54, 1.807) is 18.7 Å². The van der Waals surface area contributed by atoms with Crippen molar-refractivity contribution >= 4 is 0 Å². The summed E-state index contributed by atoms with van der Waals surface area (Å²) in [5, 5.41) is 19.3. The highest BCUT2D eigenvalue weighted by molar-refractivity contribution is 4.67. The summed E-state index contributed by atoms with van der Waals surface area (Å²) >= 11 is 0. The summed E-state index contributed by atoms with van der Waals surface area (Å²) in [6.45, 7) is 5.58. The van der Waals surface area contributed by atoms with Gasteiger partial charge in [-0.05, 0) is 20.3 Å². The van der Waals surface area contributed by atoms with Crippen molar-refractivity contribution in [2.45, 2.75) is 142 Å². The Morgan fingerprint density at radius 1 is 0.615 bits per heavy atom. The van der Waals surface area contributed by atoms with Crippen LogP contribution in [0.25, 0.3) is 0 Å². The fourth-order valence-corrected chi connectivity index (χ4v) is 3.74. The van der Waals surface area contributed by atoms with E-state index in [9.17, 15) is 10.2 Å². The molecule has 0 spiro atoms. The van der Waals surface area contributed by atoms with Crippen molar-refractivity contribution in [1.29, 1.82) is 0 Å². The minimum absolute atomic E-state index is 0.267. The third-order valence-electron chi connectivity index (χ3n) is 5.35. The Balaban J connectivity index is 3.33. The molecule has 0 heterocycles. The number of nitrogens with two attached hydrogens (primary N) is 1. The van der Waals surface area contributed by atoms with Gasteiger partial charge in [0, 0.05) is 0 Å². The van der Waals surface area contributed by atoms with Crippen molar-refractivity contribution in [3.63, 3.8) is 0 Å². The molecule has 0 radical (unpaired) electrons. The summed E-state index contributed by atoms with van der Waals surface area (Å²) in [6.07, 6.45) is 19.5. The quantitative estimate of drug-likeness (QED) is 0.206. The highest BCUT2D eigenvalue weighted by Gasteiger charge is 2.22. The third-order valence-corrected chi connectivity index (χ3v) is 5.35. The van der Waals surface area contributed by atoms with Crippen LogP contribution in [0.4, 0.5) is 0 Å². The van der Waals surface area contributed by atoms with Gasteiger partial charge < -0.3 is 15.9 Å². The topological polar surface area (TPSA) is 69.7 Å². The average molecular weight is 373 g/mol. The summed E-state index contributed by atoms with van der Waals surface area (Å²) in [7, 11) is 0. The first-order valence-electron chi connectivity index (χ1n) is 11.4. The van der Waals surface area contributed by atoms with Crippen LogP contribution in [0.15, 0.2) is 0 Å². The van der Waals surface area contributed by atoms with E-state index in [4.69, 9.17) is 5.73 Å². The summed E-state index contributed by atoms with van der Waals surface area (Å²) in [5.41, 5.74) is 6.08. The molecule has 158 valence electrons. The van der Waals surface area contributed by atoms with Crippen LogP contribution < -0.4 is 5.73 Å². The van der Waals surface area contributed by atoms with Crippen LogP contribution >= 0.6 is 0 Å². The molecule has 3 atom stereocenters. The van der Waals surface area contributed by atoms with Gasteiger partial charge in [0.25, 0.3) is 0 Å². The molecule has 0 saturated carbocycles. The molecule has 4 heteroatoms. The van der Waals surface area contributed by atoms with E-state index in [0.29, 0.717) is 0 Å². The average Bonchev–Trinajstić information content (AvgIpc) is 2.57. The molecule has 0 aliphatic rings. The molecule has 0 rings (SSSR count). The predicted molar refractivity (Wildman–Crippen MR) is 113 cm³/mol. The van der Waals surface area contributed by atoms with Crippen LogP contribution in [0, 0.1) is 0 Å². The zero-order valence-corrected chi connectivity index (χ0v) is 18.0. The largest absolute Gasteiger partial charge is 0.379 e. The number of hydrogen-bond acceptors (Lipinski definition) is 4. The second kappa shape index (κ2) is 18.2. The summed E-state index contributed by atoms with van der Waals surface area (Å²) in [4.78, 5) is 1.56. The van der Waals surface area contributed by atoms with Gasteiger partial charge in [0.2, 0.25) is 0 Å². The number of aliphatic hydroxyl groups is 2.